The highest BCUT2D eigenvalue weighted by Crippen LogP contribution is 2.52. The van der Waals surface area contributed by atoms with Gasteiger partial charge in [-0.3, -0.25) is 9.79 Å². The smallest absolute Gasteiger partial charge is 0.299 e. The number of hydrogen-bond acceptors (Lipinski definition) is 4. The van der Waals surface area contributed by atoms with E-state index in [-0.39, 0.29) is 29.8 Å². The predicted octanol–water partition coefficient (Wildman–Crippen LogP) is 5.06. The Morgan fingerprint density at radius 1 is 0.733 bits per heavy atom. The van der Waals surface area contributed by atoms with Crippen LogP contribution in [0.3, 0.4) is 0 Å². The maximum Gasteiger partial charge on any atom is 0.442 e. The lowest BCUT2D eigenvalue weighted by molar-refractivity contribution is -0.166. The number of carbonyl (C=O) groups is 1. The van der Waals surface area contributed by atoms with E-state index < -0.39 is 23.6 Å². The van der Waals surface area contributed by atoms with E-state index in [1.54, 1.807) is 0 Å². The largest absolute Gasteiger partial charge is 0.442 e. The van der Waals surface area contributed by atoms with Gasteiger partial charge in [0, 0.05) is 24.6 Å². The highest BCUT2D eigenvalue weighted by molar-refractivity contribution is 5.88. The minimum Gasteiger partial charge on any atom is -0.299 e. The maximum atomic E-state index is 13.1. The second kappa shape index (κ2) is 6.48. The minimum absolute atomic E-state index is 0.0148. The van der Waals surface area contributed by atoms with Crippen molar-refractivity contribution in [2.45, 2.75) is 36.4 Å². The minimum atomic E-state index is -4.62. The van der Waals surface area contributed by atoms with Gasteiger partial charge in [0.15, 0.2) is 0 Å². The highest BCUT2D eigenvalue weighted by atomic mass is 19.4. The van der Waals surface area contributed by atoms with Crippen molar-refractivity contribution >= 4 is 12.0 Å². The molecule has 0 bridgehead atoms. The number of carbonyl (C=O) groups excluding carboxylic acids is 1. The van der Waals surface area contributed by atoms with Crippen molar-refractivity contribution < 1.29 is 31.1 Å². The molecule has 30 heavy (non-hydrogen) atoms. The topological polar surface area (TPSA) is 54.1 Å². The fourth-order valence-electron chi connectivity index (χ4n) is 3.22. The van der Waals surface area contributed by atoms with E-state index in [1.807, 2.05) is 0 Å². The van der Waals surface area contributed by atoms with E-state index in [2.05, 4.69) is 15.2 Å². The molecule has 4 nitrogen and oxygen atoms in total. The molecule has 0 amide bonds. The summed E-state index contributed by atoms with van der Waals surface area (Å²) < 4.78 is 78.1. The van der Waals surface area contributed by atoms with Crippen LogP contribution in [-0.4, -0.2) is 24.4 Å². The fraction of sp³-hybridized carbons (Fsp3) is 0.300. The summed E-state index contributed by atoms with van der Waals surface area (Å²) in [5.74, 6) is -0.227. The number of hydrogen-bond donors (Lipinski definition) is 0. The molecule has 0 fully saturated rings. The van der Waals surface area contributed by atoms with Crippen LogP contribution in [0, 0.1) is 0 Å². The molecule has 2 aromatic rings. The molecule has 4 rings (SSSR count). The summed E-state index contributed by atoms with van der Waals surface area (Å²) in [5, 5.41) is 6.24. The summed E-state index contributed by atoms with van der Waals surface area (Å²) in [6.45, 7) is 0. The monoisotopic (exact) mass is 425 g/mol. The lowest BCUT2D eigenvalue weighted by atomic mass is 9.94. The van der Waals surface area contributed by atoms with Crippen molar-refractivity contribution in [3.05, 3.63) is 70.8 Å². The summed E-state index contributed by atoms with van der Waals surface area (Å²) in [6, 6.07) is 10.7. The van der Waals surface area contributed by atoms with Crippen LogP contribution in [-0.2, 0) is 28.8 Å². The first-order valence-corrected chi connectivity index (χ1v) is 8.81. The van der Waals surface area contributed by atoms with Crippen LogP contribution in [0.1, 0.15) is 22.3 Å². The molecule has 0 saturated carbocycles. The van der Waals surface area contributed by atoms with Crippen LogP contribution in [0.4, 0.5) is 26.3 Å². The molecule has 0 saturated heterocycles. The number of alkyl halides is 6. The Balaban J connectivity index is 1.37. The van der Waals surface area contributed by atoms with Gasteiger partial charge in [0.2, 0.25) is 5.54 Å². The van der Waals surface area contributed by atoms with Crippen LogP contribution < -0.4 is 0 Å². The van der Waals surface area contributed by atoms with E-state index in [0.717, 1.165) is 6.21 Å². The number of rotatable bonds is 6. The fourth-order valence-corrected chi connectivity index (χ4v) is 3.22. The Kier molecular flexibility index (Phi) is 4.37. The third-order valence-electron chi connectivity index (χ3n) is 5.07. The predicted molar refractivity (Wildman–Crippen MR) is 94.1 cm³/mol. The molecule has 0 spiro atoms. The van der Waals surface area contributed by atoms with Crippen LogP contribution in [0.2, 0.25) is 0 Å². The van der Waals surface area contributed by atoms with Crippen LogP contribution in [0.25, 0.3) is 0 Å². The maximum absolute atomic E-state index is 13.1. The average Bonchev–Trinajstić information content (AvgIpc) is 3.53. The molecule has 2 heterocycles. The first kappa shape index (κ1) is 20.2. The molecule has 0 N–H and O–H groups in total. The summed E-state index contributed by atoms with van der Waals surface area (Å²) in [7, 11) is 0. The molecule has 10 heteroatoms. The normalized spacial score (nSPS) is 21.5. The van der Waals surface area contributed by atoms with Crippen molar-refractivity contribution in [3.63, 3.8) is 0 Å². The highest BCUT2D eigenvalue weighted by Gasteiger charge is 2.65. The van der Waals surface area contributed by atoms with E-state index in [9.17, 15) is 31.1 Å². The lowest BCUT2D eigenvalue weighted by Gasteiger charge is -2.17. The first-order chi connectivity index (χ1) is 14.0. The van der Waals surface area contributed by atoms with Crippen LogP contribution in [0.5, 0.6) is 0 Å². The second-order valence-corrected chi connectivity index (χ2v) is 7.18. The molecule has 2 aliphatic rings. The lowest BCUT2D eigenvalue weighted by Crippen LogP contribution is -2.31. The van der Waals surface area contributed by atoms with Gasteiger partial charge in [-0.1, -0.05) is 48.5 Å². The Morgan fingerprint density at radius 2 is 1.17 bits per heavy atom. The van der Waals surface area contributed by atoms with Crippen molar-refractivity contribution in [3.8, 4) is 0 Å². The van der Waals surface area contributed by atoms with Crippen molar-refractivity contribution in [1.82, 2.24) is 0 Å². The molecule has 2 aliphatic heterocycles. The number of benzene rings is 2. The van der Waals surface area contributed by atoms with Gasteiger partial charge in [-0.15, -0.1) is 10.2 Å². The molecule has 0 aliphatic carbocycles. The molecule has 1 unspecified atom stereocenters. The van der Waals surface area contributed by atoms with Gasteiger partial charge in [-0.2, -0.15) is 26.3 Å². The van der Waals surface area contributed by atoms with Gasteiger partial charge in [0.25, 0.3) is 0 Å². The second-order valence-electron chi connectivity index (χ2n) is 7.18. The third kappa shape index (κ3) is 3.40. The number of Topliss-reactive ketones (excluding diaryl/α,β-unsaturated/α-hetero) is 1. The summed E-state index contributed by atoms with van der Waals surface area (Å²) in [6.07, 6.45) is -8.33. The van der Waals surface area contributed by atoms with Gasteiger partial charge < -0.3 is 0 Å². The SMILES string of the molecule is O=C(Cc1ccc(C2(C(F)(F)F)C=N2)cc1)Cc1ccc(C2(C(F)(F)F)N=N2)cc1. The molecular weight excluding hydrogens is 412 g/mol. The first-order valence-electron chi connectivity index (χ1n) is 8.81. The van der Waals surface area contributed by atoms with E-state index in [0.29, 0.717) is 11.1 Å². The molecule has 156 valence electrons. The molecule has 1 atom stereocenters. The van der Waals surface area contributed by atoms with Crippen LogP contribution >= 0.6 is 0 Å². The number of halogens is 6. The van der Waals surface area contributed by atoms with Gasteiger partial charge in [-0.05, 0) is 16.7 Å². The van der Waals surface area contributed by atoms with Crippen molar-refractivity contribution in [2.24, 2.45) is 15.2 Å². The standard InChI is InChI=1S/C20H13F6N3O/c21-19(22,23)17(11-27-17)14-5-1-12(2-6-14)9-16(30)10-13-3-7-15(8-4-13)18(28-29-18)20(24,25)26/h1-8,11H,9-10H2. The number of aliphatic imine (C=N–C) groups is 1. The Bertz CT molecular complexity index is 941. The van der Waals surface area contributed by atoms with Gasteiger partial charge in [0.1, 0.15) is 5.78 Å². The zero-order valence-electron chi connectivity index (χ0n) is 15.1. The van der Waals surface area contributed by atoms with Crippen molar-refractivity contribution in [1.29, 1.82) is 0 Å². The van der Waals surface area contributed by atoms with E-state index in [4.69, 9.17) is 0 Å². The third-order valence-corrected chi connectivity index (χ3v) is 5.07. The van der Waals surface area contributed by atoms with Crippen molar-refractivity contribution in [2.75, 3.05) is 0 Å². The Morgan fingerprint density at radius 3 is 1.50 bits per heavy atom. The Hall–Kier alpha value is -3.04. The van der Waals surface area contributed by atoms with E-state index >= 15 is 0 Å². The van der Waals surface area contributed by atoms with Gasteiger partial charge in [-0.25, -0.2) is 0 Å². The van der Waals surface area contributed by atoms with Gasteiger partial charge in [0.05, 0.1) is 0 Å². The molecule has 0 radical (unpaired) electrons. The number of ketones is 1. The van der Waals surface area contributed by atoms with Crippen LogP contribution in [0.15, 0.2) is 63.8 Å². The average molecular weight is 425 g/mol. The summed E-state index contributed by atoms with van der Waals surface area (Å²) >= 11 is 0. The quantitative estimate of drug-likeness (QED) is 0.597. The zero-order valence-corrected chi connectivity index (χ0v) is 15.1. The molecule has 0 aromatic heterocycles. The molecular formula is C20H13F6N3O. The number of nitrogens with zero attached hydrogens (tertiary/aromatic N) is 3. The molecule has 2 aromatic carbocycles. The zero-order chi connectivity index (χ0) is 21.8. The van der Waals surface area contributed by atoms with Gasteiger partial charge >= 0.3 is 18.0 Å². The Labute approximate surface area is 166 Å². The van der Waals surface area contributed by atoms with E-state index in [1.165, 1.54) is 48.5 Å². The summed E-state index contributed by atoms with van der Waals surface area (Å²) in [4.78, 5) is 15.6. The summed E-state index contributed by atoms with van der Waals surface area (Å²) in [5.41, 5.74) is -3.86.